The average Bonchev–Trinajstić information content (AvgIpc) is 3.25. The van der Waals surface area contributed by atoms with Gasteiger partial charge in [-0.1, -0.05) is 306 Å². The number of aryl methyl sites for hydroxylation is 2. The number of hydrogen-bond acceptors (Lipinski definition) is 1. The molecule has 0 saturated heterocycles. The standard InChI is InChI=1S/C57H98O/c1-3-5-7-9-11-13-15-17-19-21-23-25-27-29-31-33-35-37-39-41-43-53-45-49-55(50-46-53)57(58)56-51-47-54(48-52-56)44-42-40-38-36-34-32-30-28-26-24-22-20-18-16-14-12-10-8-6-4-2/h45-52H,3-44H2,1-2H3. The molecule has 0 N–H and O–H groups in total. The van der Waals surface area contributed by atoms with Gasteiger partial charge in [-0.15, -0.1) is 0 Å². The van der Waals surface area contributed by atoms with Crippen LogP contribution in [-0.2, 0) is 12.8 Å². The highest BCUT2D eigenvalue weighted by molar-refractivity contribution is 6.09. The van der Waals surface area contributed by atoms with Gasteiger partial charge in [-0.3, -0.25) is 4.79 Å². The third-order valence-electron chi connectivity index (χ3n) is 13.1. The van der Waals surface area contributed by atoms with Crippen LogP contribution in [0.15, 0.2) is 48.5 Å². The predicted octanol–water partition coefficient (Wildman–Crippen LogP) is 19.6. The fourth-order valence-electron chi connectivity index (χ4n) is 8.98. The molecule has 0 fully saturated rings. The van der Waals surface area contributed by atoms with Gasteiger partial charge in [0, 0.05) is 11.1 Å². The van der Waals surface area contributed by atoms with Crippen LogP contribution in [0.25, 0.3) is 0 Å². The van der Waals surface area contributed by atoms with Crippen molar-refractivity contribution >= 4 is 5.78 Å². The van der Waals surface area contributed by atoms with Crippen molar-refractivity contribution in [3.05, 3.63) is 70.8 Å². The van der Waals surface area contributed by atoms with Gasteiger partial charge in [0.25, 0.3) is 0 Å². The summed E-state index contributed by atoms with van der Waals surface area (Å²) in [5, 5.41) is 0. The van der Waals surface area contributed by atoms with E-state index in [0.29, 0.717) is 0 Å². The summed E-state index contributed by atoms with van der Waals surface area (Å²) in [6.07, 6.45) is 59.2. The second-order valence-electron chi connectivity index (χ2n) is 18.7. The van der Waals surface area contributed by atoms with Gasteiger partial charge in [0.15, 0.2) is 5.78 Å². The molecule has 0 aliphatic carbocycles. The first-order valence-electron chi connectivity index (χ1n) is 26.5. The largest absolute Gasteiger partial charge is 0.289 e. The number of ketones is 1. The summed E-state index contributed by atoms with van der Waals surface area (Å²) in [6.45, 7) is 4.61. The van der Waals surface area contributed by atoms with Crippen LogP contribution in [-0.4, -0.2) is 5.78 Å². The van der Waals surface area contributed by atoms with Gasteiger partial charge < -0.3 is 0 Å². The molecule has 0 unspecified atom stereocenters. The predicted molar refractivity (Wildman–Crippen MR) is 260 cm³/mol. The van der Waals surface area contributed by atoms with Crippen molar-refractivity contribution in [3.8, 4) is 0 Å². The van der Waals surface area contributed by atoms with E-state index in [4.69, 9.17) is 0 Å². The second kappa shape index (κ2) is 40.5. The Kier molecular flexibility index (Phi) is 36.5. The van der Waals surface area contributed by atoms with E-state index in [1.165, 1.54) is 268 Å². The summed E-state index contributed by atoms with van der Waals surface area (Å²) in [5.74, 6) is 0.149. The van der Waals surface area contributed by atoms with Gasteiger partial charge in [0.1, 0.15) is 0 Å². The Balaban J connectivity index is 1.36. The minimum absolute atomic E-state index is 0.149. The topological polar surface area (TPSA) is 17.1 Å². The quantitative estimate of drug-likeness (QED) is 0.0482. The fourth-order valence-corrected chi connectivity index (χ4v) is 8.98. The van der Waals surface area contributed by atoms with Crippen molar-refractivity contribution in [2.45, 2.75) is 284 Å². The van der Waals surface area contributed by atoms with Crippen LogP contribution >= 0.6 is 0 Å². The maximum Gasteiger partial charge on any atom is 0.193 e. The highest BCUT2D eigenvalue weighted by Crippen LogP contribution is 2.19. The lowest BCUT2D eigenvalue weighted by atomic mass is 9.98. The Morgan fingerprint density at radius 1 is 0.259 bits per heavy atom. The number of benzene rings is 2. The SMILES string of the molecule is CCCCCCCCCCCCCCCCCCCCCCc1ccc(C(=O)c2ccc(CCCCCCCCCCCCCCCCCCCCCC)cc2)cc1. The molecule has 0 amide bonds. The number of unbranched alkanes of at least 4 members (excludes halogenated alkanes) is 38. The van der Waals surface area contributed by atoms with Crippen LogP contribution in [0.4, 0.5) is 0 Å². The normalized spacial score (nSPS) is 11.5. The molecule has 0 bridgehead atoms. The lowest BCUT2D eigenvalue weighted by Gasteiger charge is -2.07. The van der Waals surface area contributed by atoms with Crippen LogP contribution in [0, 0.1) is 0 Å². The zero-order valence-electron chi connectivity index (χ0n) is 39.2. The first kappa shape index (κ1) is 52.2. The molecule has 1 heteroatoms. The Hall–Kier alpha value is -1.89. The summed E-state index contributed by atoms with van der Waals surface area (Å²) in [6, 6.07) is 16.9. The first-order chi connectivity index (χ1) is 28.7. The Morgan fingerprint density at radius 2 is 0.431 bits per heavy atom. The van der Waals surface area contributed by atoms with E-state index >= 15 is 0 Å². The van der Waals surface area contributed by atoms with Gasteiger partial charge in [-0.05, 0) is 36.8 Å². The van der Waals surface area contributed by atoms with Crippen molar-refractivity contribution in [1.29, 1.82) is 0 Å². The maximum atomic E-state index is 13.2. The lowest BCUT2D eigenvalue weighted by molar-refractivity contribution is 0.103. The van der Waals surface area contributed by atoms with Crippen LogP contribution in [0.5, 0.6) is 0 Å². The van der Waals surface area contributed by atoms with Gasteiger partial charge in [-0.2, -0.15) is 0 Å². The molecule has 0 spiro atoms. The van der Waals surface area contributed by atoms with E-state index in [-0.39, 0.29) is 5.78 Å². The number of carbonyl (C=O) groups excluding carboxylic acids is 1. The summed E-state index contributed by atoms with van der Waals surface area (Å²) < 4.78 is 0. The molecular formula is C57H98O. The van der Waals surface area contributed by atoms with E-state index in [9.17, 15) is 4.79 Å². The third kappa shape index (κ3) is 31.1. The molecule has 2 aromatic carbocycles. The van der Waals surface area contributed by atoms with E-state index < -0.39 is 0 Å². The molecule has 0 saturated carbocycles. The fraction of sp³-hybridized carbons (Fsp3) is 0.772. The van der Waals surface area contributed by atoms with Gasteiger partial charge in [-0.25, -0.2) is 0 Å². The zero-order valence-corrected chi connectivity index (χ0v) is 39.2. The van der Waals surface area contributed by atoms with Crippen LogP contribution in [0.3, 0.4) is 0 Å². The van der Waals surface area contributed by atoms with E-state index in [1.54, 1.807) is 0 Å². The van der Waals surface area contributed by atoms with Gasteiger partial charge in [0.2, 0.25) is 0 Å². The molecule has 58 heavy (non-hydrogen) atoms. The second-order valence-corrected chi connectivity index (χ2v) is 18.7. The van der Waals surface area contributed by atoms with E-state index in [0.717, 1.165) is 24.0 Å². The van der Waals surface area contributed by atoms with Gasteiger partial charge >= 0.3 is 0 Å². The summed E-state index contributed by atoms with van der Waals surface area (Å²) in [5.41, 5.74) is 4.36. The number of rotatable bonds is 44. The van der Waals surface area contributed by atoms with Crippen LogP contribution in [0.1, 0.15) is 298 Å². The molecule has 0 radical (unpaired) electrons. The van der Waals surface area contributed by atoms with Crippen LogP contribution in [0.2, 0.25) is 0 Å². The molecule has 1 nitrogen and oxygen atoms in total. The monoisotopic (exact) mass is 799 g/mol. The first-order valence-corrected chi connectivity index (χ1v) is 26.5. The van der Waals surface area contributed by atoms with Crippen molar-refractivity contribution < 1.29 is 4.79 Å². The smallest absolute Gasteiger partial charge is 0.193 e. The Labute approximate surface area is 363 Å². The maximum absolute atomic E-state index is 13.2. The Bertz CT molecular complexity index is 1040. The van der Waals surface area contributed by atoms with Crippen molar-refractivity contribution in [2.24, 2.45) is 0 Å². The molecule has 0 aliphatic rings. The Morgan fingerprint density at radius 3 is 0.621 bits per heavy atom. The molecular weight excluding hydrogens is 701 g/mol. The summed E-state index contributed by atoms with van der Waals surface area (Å²) in [7, 11) is 0. The van der Waals surface area contributed by atoms with Gasteiger partial charge in [0.05, 0.1) is 0 Å². The lowest BCUT2D eigenvalue weighted by Crippen LogP contribution is -2.02. The third-order valence-corrected chi connectivity index (χ3v) is 13.1. The highest BCUT2D eigenvalue weighted by atomic mass is 16.1. The average molecular weight is 799 g/mol. The van der Waals surface area contributed by atoms with E-state index in [1.807, 2.05) is 24.3 Å². The molecule has 0 aromatic heterocycles. The van der Waals surface area contributed by atoms with Crippen molar-refractivity contribution in [1.82, 2.24) is 0 Å². The molecule has 0 heterocycles. The number of hydrogen-bond donors (Lipinski definition) is 0. The minimum Gasteiger partial charge on any atom is -0.289 e. The van der Waals surface area contributed by atoms with Crippen LogP contribution < -0.4 is 0 Å². The van der Waals surface area contributed by atoms with E-state index in [2.05, 4.69) is 38.1 Å². The minimum atomic E-state index is 0.149. The molecule has 332 valence electrons. The molecule has 2 aromatic rings. The highest BCUT2D eigenvalue weighted by Gasteiger charge is 2.09. The molecule has 2 rings (SSSR count). The van der Waals surface area contributed by atoms with Crippen molar-refractivity contribution in [3.63, 3.8) is 0 Å². The summed E-state index contributed by atoms with van der Waals surface area (Å²) in [4.78, 5) is 13.2. The number of carbonyl (C=O) groups is 1. The van der Waals surface area contributed by atoms with Crippen molar-refractivity contribution in [2.75, 3.05) is 0 Å². The molecule has 0 aliphatic heterocycles. The molecule has 0 atom stereocenters. The zero-order chi connectivity index (χ0) is 41.2. The summed E-state index contributed by atoms with van der Waals surface area (Å²) >= 11 is 0.